The van der Waals surface area contributed by atoms with Crippen LogP contribution in [0.15, 0.2) is 118 Å². The average molecular weight is 555 g/mol. The summed E-state index contributed by atoms with van der Waals surface area (Å²) < 4.78 is 8.00. The molecule has 3 heteroatoms. The summed E-state index contributed by atoms with van der Waals surface area (Å²) in [5.41, 5.74) is 6.53. The fourth-order valence-corrected chi connectivity index (χ4v) is 9.82. The van der Waals surface area contributed by atoms with Crippen LogP contribution in [0.2, 0.25) is 13.1 Å². The number of hydrogen-bond acceptors (Lipinski definition) is 1. The maximum atomic E-state index is 6.20. The quantitative estimate of drug-likeness (QED) is 0.160. The van der Waals surface area contributed by atoms with Crippen molar-refractivity contribution in [2.24, 2.45) is 5.41 Å². The van der Waals surface area contributed by atoms with E-state index in [9.17, 15) is 0 Å². The molecule has 0 spiro atoms. The Labute approximate surface area is 240 Å². The molecule has 0 aliphatic heterocycles. The molecule has 0 N–H and O–H groups in total. The van der Waals surface area contributed by atoms with Crippen molar-refractivity contribution in [1.82, 2.24) is 0 Å². The van der Waals surface area contributed by atoms with Crippen molar-refractivity contribution in [2.75, 3.05) is 0 Å². The number of ether oxygens (including phenoxy) is 1. The summed E-state index contributed by atoms with van der Waals surface area (Å²) in [6, 6.07) is 28.6. The van der Waals surface area contributed by atoms with Gasteiger partial charge in [0.1, 0.15) is 11.5 Å². The Kier molecular flexibility index (Phi) is 11.4. The third-order valence-corrected chi connectivity index (χ3v) is 12.1. The third kappa shape index (κ3) is 9.91. The molecule has 196 valence electrons. The van der Waals surface area contributed by atoms with Crippen LogP contribution in [0.5, 0.6) is 5.75 Å². The Morgan fingerprint density at radius 3 is 2.03 bits per heavy atom. The van der Waals surface area contributed by atoms with Crippen LogP contribution in [0, 0.1) is 12.3 Å². The van der Waals surface area contributed by atoms with Crippen LogP contribution in [-0.4, -0.2) is 6.66 Å². The molecule has 0 saturated carbocycles. The molecule has 3 aromatic rings. The number of hydrogen-bond donors (Lipinski definition) is 0. The molecule has 0 atom stereocenters. The van der Waals surface area contributed by atoms with Gasteiger partial charge in [-0.25, -0.2) is 0 Å². The molecular formula is C35H42OSiTi. The molecule has 0 saturated heterocycles. The summed E-state index contributed by atoms with van der Waals surface area (Å²) in [4.78, 5) is 0. The van der Waals surface area contributed by atoms with E-state index in [1.54, 1.807) is 9.45 Å². The van der Waals surface area contributed by atoms with Gasteiger partial charge in [-0.3, -0.25) is 0 Å². The average Bonchev–Trinajstić information content (AvgIpc) is 3.37. The molecule has 3 aromatic carbocycles. The first kappa shape index (κ1) is 29.9. The van der Waals surface area contributed by atoms with E-state index in [0.29, 0.717) is 23.8 Å². The van der Waals surface area contributed by atoms with Gasteiger partial charge in [-0.15, -0.1) is 0 Å². The van der Waals surface area contributed by atoms with Gasteiger partial charge in [0.05, 0.1) is 0 Å². The van der Waals surface area contributed by atoms with E-state index in [-0.39, 0.29) is 6.66 Å². The molecule has 1 aliphatic rings. The van der Waals surface area contributed by atoms with Crippen molar-refractivity contribution in [3.8, 4) is 5.75 Å². The number of benzene rings is 3. The van der Waals surface area contributed by atoms with Gasteiger partial charge in [-0.1, -0.05) is 90.5 Å². The van der Waals surface area contributed by atoms with Crippen LogP contribution in [0.25, 0.3) is 11.8 Å². The SMILES string of the molecule is CC(C=Cc1ccc(C)cc1)=C(Oc1ccccc1)c1ccccc1.C[SiH](C)[Ti][C]1=CC(C(C)(C)C)=CC1. The fourth-order valence-electron chi connectivity index (χ4n) is 4.06. The van der Waals surface area contributed by atoms with E-state index in [1.807, 2.05) is 48.5 Å². The van der Waals surface area contributed by atoms with Gasteiger partial charge in [0.2, 0.25) is 0 Å². The number of para-hydroxylation sites is 1. The zero-order chi connectivity index (χ0) is 27.5. The van der Waals surface area contributed by atoms with Crippen molar-refractivity contribution >= 4 is 18.5 Å². The van der Waals surface area contributed by atoms with Gasteiger partial charge in [-0.2, -0.15) is 0 Å². The molecule has 4 rings (SSSR count). The maximum absolute atomic E-state index is 6.20. The van der Waals surface area contributed by atoms with Crippen LogP contribution in [0.4, 0.5) is 0 Å². The predicted molar refractivity (Wildman–Crippen MR) is 165 cm³/mol. The minimum absolute atomic E-state index is 0.282. The molecule has 0 unspecified atom stereocenters. The summed E-state index contributed by atoms with van der Waals surface area (Å²) in [5, 5.41) is 0. The van der Waals surface area contributed by atoms with Gasteiger partial charge < -0.3 is 4.74 Å². The summed E-state index contributed by atoms with van der Waals surface area (Å²) in [6.07, 6.45) is 10.4. The van der Waals surface area contributed by atoms with Crippen LogP contribution >= 0.6 is 0 Å². The van der Waals surface area contributed by atoms with E-state index < -0.39 is 0 Å². The first-order valence-electron chi connectivity index (χ1n) is 13.5. The first-order valence-corrected chi connectivity index (χ1v) is 19.9. The Balaban J connectivity index is 0.000000260. The van der Waals surface area contributed by atoms with Crippen LogP contribution < -0.4 is 4.74 Å². The van der Waals surface area contributed by atoms with Gasteiger partial charge in [0.15, 0.2) is 0 Å². The minimum atomic E-state index is -0.282. The second kappa shape index (κ2) is 14.5. The summed E-state index contributed by atoms with van der Waals surface area (Å²) in [6.45, 7) is 15.8. The second-order valence-electron chi connectivity index (χ2n) is 11.1. The van der Waals surface area contributed by atoms with Crippen molar-refractivity contribution in [3.05, 3.63) is 135 Å². The predicted octanol–water partition coefficient (Wildman–Crippen LogP) is 9.83. The molecule has 0 heterocycles. The zero-order valence-electron chi connectivity index (χ0n) is 24.1. The fraction of sp³-hybridized carbons (Fsp3) is 0.257. The topological polar surface area (TPSA) is 9.23 Å². The first-order chi connectivity index (χ1) is 18.1. The number of allylic oxidation sites excluding steroid dienone is 6. The molecule has 0 bridgehead atoms. The zero-order valence-corrected chi connectivity index (χ0v) is 26.8. The molecule has 38 heavy (non-hydrogen) atoms. The third-order valence-electron chi connectivity index (χ3n) is 6.17. The molecule has 1 aliphatic carbocycles. The van der Waals surface area contributed by atoms with Crippen LogP contribution in [0.1, 0.15) is 50.8 Å². The molecule has 0 fully saturated rings. The van der Waals surface area contributed by atoms with Gasteiger partial charge in [0.25, 0.3) is 0 Å². The van der Waals surface area contributed by atoms with Gasteiger partial charge >= 0.3 is 92.4 Å². The second-order valence-corrected chi connectivity index (χ2v) is 21.5. The summed E-state index contributed by atoms with van der Waals surface area (Å²) in [7, 11) is 0. The van der Waals surface area contributed by atoms with Gasteiger partial charge in [-0.05, 0) is 37.1 Å². The van der Waals surface area contributed by atoms with E-state index in [2.05, 4.69) is 108 Å². The van der Waals surface area contributed by atoms with E-state index in [0.717, 1.165) is 22.6 Å². The standard InChI is InChI=1S/C24H22O.C9H13.C2H7Si.Ti/c1-19-13-16-21(17-14-19)18-15-20(2)24(22-9-5-3-6-10-22)25-23-11-7-4-8-12-23;1-9(2,3)8-6-4-5-7-8;1-3-2;/h3-18H,1-2H3;6-7H,4H2,1-3H3;3H,1-2H3;. The molecule has 0 amide bonds. The molecule has 0 radical (unpaired) electrons. The van der Waals surface area contributed by atoms with Crippen molar-refractivity contribution in [2.45, 2.75) is 54.1 Å². The summed E-state index contributed by atoms with van der Waals surface area (Å²) >= 11 is 0.302. The van der Waals surface area contributed by atoms with E-state index in [1.165, 1.54) is 17.5 Å². The van der Waals surface area contributed by atoms with Crippen LogP contribution in [0.3, 0.4) is 0 Å². The Bertz CT molecular complexity index is 1280. The van der Waals surface area contributed by atoms with Crippen molar-refractivity contribution < 1.29 is 23.1 Å². The monoisotopic (exact) mass is 554 g/mol. The Morgan fingerprint density at radius 1 is 0.868 bits per heavy atom. The van der Waals surface area contributed by atoms with Crippen LogP contribution in [-0.2, 0) is 18.4 Å². The number of aryl methyl sites for hydroxylation is 1. The van der Waals surface area contributed by atoms with Crippen molar-refractivity contribution in [3.63, 3.8) is 0 Å². The van der Waals surface area contributed by atoms with E-state index in [4.69, 9.17) is 4.74 Å². The molecule has 0 aromatic heterocycles. The van der Waals surface area contributed by atoms with E-state index >= 15 is 0 Å². The van der Waals surface area contributed by atoms with Gasteiger partial charge in [0, 0.05) is 5.56 Å². The van der Waals surface area contributed by atoms with Crippen molar-refractivity contribution in [1.29, 1.82) is 0 Å². The summed E-state index contributed by atoms with van der Waals surface area (Å²) in [5.74, 6) is 1.71. The number of rotatable bonds is 7. The molecular weight excluding hydrogens is 512 g/mol. The molecule has 1 nitrogen and oxygen atoms in total. The Hall–Kier alpha value is -2.65. The normalized spacial score (nSPS) is 13.9. The Morgan fingerprint density at radius 2 is 1.47 bits per heavy atom.